The summed E-state index contributed by atoms with van der Waals surface area (Å²) in [7, 11) is 0.0148. The number of para-hydroxylation sites is 1. The highest BCUT2D eigenvalue weighted by atomic mass is 32.2. The van der Waals surface area contributed by atoms with Crippen molar-refractivity contribution < 1.29 is 17.9 Å². The van der Waals surface area contributed by atoms with Gasteiger partial charge in [-0.25, -0.2) is 8.42 Å². The largest absolute Gasteiger partial charge is 0.497 e. The minimum absolute atomic E-state index is 0.0743. The molecule has 2 aromatic carbocycles. The Morgan fingerprint density at radius 3 is 2.55 bits per heavy atom. The first kappa shape index (κ1) is 23.1. The van der Waals surface area contributed by atoms with Gasteiger partial charge in [0.05, 0.1) is 31.5 Å². The van der Waals surface area contributed by atoms with Gasteiger partial charge < -0.3 is 14.5 Å². The molecule has 1 saturated heterocycles. The number of nitrogens with one attached hydrogen (secondary N) is 1. The number of likely N-dealkylation sites (tertiary alicyclic amines) is 1. The minimum Gasteiger partial charge on any atom is -0.497 e. The van der Waals surface area contributed by atoms with Crippen molar-refractivity contribution in [1.29, 1.82) is 0 Å². The van der Waals surface area contributed by atoms with Crippen LogP contribution in [-0.2, 0) is 21.2 Å². The van der Waals surface area contributed by atoms with E-state index in [1.807, 2.05) is 31.3 Å². The highest BCUT2D eigenvalue weighted by molar-refractivity contribution is 7.92. The maximum atomic E-state index is 13.3. The summed E-state index contributed by atoms with van der Waals surface area (Å²) in [5.74, 6) is 0.683. The van der Waals surface area contributed by atoms with Crippen molar-refractivity contribution >= 4 is 21.6 Å². The number of carbonyl (C=O) groups is 1. The van der Waals surface area contributed by atoms with E-state index in [-0.39, 0.29) is 18.4 Å². The number of benzene rings is 2. The van der Waals surface area contributed by atoms with Gasteiger partial charge in [-0.15, -0.1) is 0 Å². The number of likely N-dealkylation sites (N-methyl/N-ethyl adjacent to an activating group) is 1. The molecule has 1 atom stereocenters. The van der Waals surface area contributed by atoms with Gasteiger partial charge in [-0.05, 0) is 55.3 Å². The molecule has 168 valence electrons. The second kappa shape index (κ2) is 10.2. The van der Waals surface area contributed by atoms with Crippen LogP contribution in [0.3, 0.4) is 0 Å². The van der Waals surface area contributed by atoms with Crippen LogP contribution in [0.1, 0.15) is 30.0 Å². The second-order valence-corrected chi connectivity index (χ2v) is 9.76. The van der Waals surface area contributed by atoms with E-state index in [0.717, 1.165) is 37.2 Å². The molecule has 1 N–H and O–H groups in total. The molecular formula is C23H31N3O4S. The average Bonchev–Trinajstić information content (AvgIpc) is 3.25. The molecular weight excluding hydrogens is 414 g/mol. The fourth-order valence-electron chi connectivity index (χ4n) is 3.95. The Balaban J connectivity index is 1.83. The van der Waals surface area contributed by atoms with Gasteiger partial charge in [0.15, 0.2) is 0 Å². The van der Waals surface area contributed by atoms with Crippen molar-refractivity contribution in [2.75, 3.05) is 44.8 Å². The SMILES string of the molecule is COc1cccc([C@@H](CN2CCCC2)N(C)C(=O)Cc2ccccc2NS(C)(=O)=O)c1. The van der Waals surface area contributed by atoms with Gasteiger partial charge in [0.2, 0.25) is 15.9 Å². The predicted octanol–water partition coefficient (Wildman–Crippen LogP) is 2.90. The molecule has 0 aliphatic carbocycles. The number of hydrogen-bond acceptors (Lipinski definition) is 5. The topological polar surface area (TPSA) is 79.0 Å². The highest BCUT2D eigenvalue weighted by Gasteiger charge is 2.26. The van der Waals surface area contributed by atoms with E-state index in [0.29, 0.717) is 11.3 Å². The molecule has 3 rings (SSSR count). The Bertz CT molecular complexity index is 1000. The summed E-state index contributed by atoms with van der Waals surface area (Å²) in [5.41, 5.74) is 2.10. The monoisotopic (exact) mass is 445 g/mol. The van der Waals surface area contributed by atoms with E-state index in [9.17, 15) is 13.2 Å². The van der Waals surface area contributed by atoms with Gasteiger partial charge in [0.25, 0.3) is 0 Å². The van der Waals surface area contributed by atoms with E-state index in [1.165, 1.54) is 12.8 Å². The third-order valence-corrected chi connectivity index (χ3v) is 6.21. The molecule has 0 aromatic heterocycles. The molecule has 0 bridgehead atoms. The van der Waals surface area contributed by atoms with Crippen LogP contribution in [0.2, 0.25) is 0 Å². The van der Waals surface area contributed by atoms with Crippen LogP contribution < -0.4 is 9.46 Å². The summed E-state index contributed by atoms with van der Waals surface area (Å²) in [5, 5.41) is 0. The molecule has 7 nitrogen and oxygen atoms in total. The van der Waals surface area contributed by atoms with E-state index in [1.54, 1.807) is 36.3 Å². The summed E-state index contributed by atoms with van der Waals surface area (Å²) in [6, 6.07) is 14.7. The van der Waals surface area contributed by atoms with E-state index < -0.39 is 10.0 Å². The van der Waals surface area contributed by atoms with Gasteiger partial charge in [0, 0.05) is 13.6 Å². The Labute approximate surface area is 185 Å². The van der Waals surface area contributed by atoms with E-state index in [2.05, 4.69) is 9.62 Å². The molecule has 0 unspecified atom stereocenters. The molecule has 1 fully saturated rings. The predicted molar refractivity (Wildman–Crippen MR) is 123 cm³/mol. The van der Waals surface area contributed by atoms with Crippen LogP contribution in [0.25, 0.3) is 0 Å². The number of ether oxygens (including phenoxy) is 1. The maximum Gasteiger partial charge on any atom is 0.229 e. The number of nitrogens with zero attached hydrogens (tertiary/aromatic N) is 2. The number of hydrogen-bond donors (Lipinski definition) is 1. The van der Waals surface area contributed by atoms with Crippen molar-refractivity contribution in [2.45, 2.75) is 25.3 Å². The van der Waals surface area contributed by atoms with Crippen LogP contribution in [0.5, 0.6) is 5.75 Å². The normalized spacial score (nSPS) is 15.5. The number of sulfonamides is 1. The van der Waals surface area contributed by atoms with Crippen molar-refractivity contribution in [2.24, 2.45) is 0 Å². The zero-order valence-corrected chi connectivity index (χ0v) is 19.2. The third kappa shape index (κ3) is 6.45. The van der Waals surface area contributed by atoms with Crippen molar-refractivity contribution in [3.05, 3.63) is 59.7 Å². The fraction of sp³-hybridized carbons (Fsp3) is 0.435. The van der Waals surface area contributed by atoms with Gasteiger partial charge in [-0.2, -0.15) is 0 Å². The molecule has 1 aliphatic rings. The second-order valence-electron chi connectivity index (χ2n) is 8.01. The van der Waals surface area contributed by atoms with Crippen LogP contribution in [-0.4, -0.2) is 64.2 Å². The first-order chi connectivity index (χ1) is 14.8. The lowest BCUT2D eigenvalue weighted by atomic mass is 10.0. The minimum atomic E-state index is -3.43. The Kier molecular flexibility index (Phi) is 7.56. The quantitative estimate of drug-likeness (QED) is 0.642. The first-order valence-corrected chi connectivity index (χ1v) is 12.3. The maximum absolute atomic E-state index is 13.3. The van der Waals surface area contributed by atoms with Crippen molar-refractivity contribution in [3.8, 4) is 5.75 Å². The lowest BCUT2D eigenvalue weighted by Gasteiger charge is -2.32. The van der Waals surface area contributed by atoms with Crippen LogP contribution >= 0.6 is 0 Å². The summed E-state index contributed by atoms with van der Waals surface area (Å²) in [6.45, 7) is 2.81. The summed E-state index contributed by atoms with van der Waals surface area (Å²) in [4.78, 5) is 17.4. The summed E-state index contributed by atoms with van der Waals surface area (Å²) in [6.07, 6.45) is 3.56. The van der Waals surface area contributed by atoms with Gasteiger partial charge >= 0.3 is 0 Å². The smallest absolute Gasteiger partial charge is 0.229 e. The number of anilines is 1. The lowest BCUT2D eigenvalue weighted by molar-refractivity contribution is -0.131. The Morgan fingerprint density at radius 1 is 1.16 bits per heavy atom. The Hall–Kier alpha value is -2.58. The number of methoxy groups -OCH3 is 1. The summed E-state index contributed by atoms with van der Waals surface area (Å²) < 4.78 is 31.3. The van der Waals surface area contributed by atoms with Gasteiger partial charge in [0.1, 0.15) is 5.75 Å². The van der Waals surface area contributed by atoms with Crippen molar-refractivity contribution in [3.63, 3.8) is 0 Å². The first-order valence-electron chi connectivity index (χ1n) is 10.4. The standard InChI is InChI=1S/C23H31N3O4S/c1-25(23(27)16-18-9-4-5-12-21(18)24-31(3,28)29)22(17-26-13-6-7-14-26)19-10-8-11-20(15-19)30-2/h4-5,8-12,15,22,24H,6-7,13-14,16-17H2,1-3H3/t22-/m1/s1. The third-order valence-electron chi connectivity index (χ3n) is 5.62. The van der Waals surface area contributed by atoms with E-state index >= 15 is 0 Å². The average molecular weight is 446 g/mol. The Morgan fingerprint density at radius 2 is 1.87 bits per heavy atom. The van der Waals surface area contributed by atoms with Gasteiger partial charge in [-0.3, -0.25) is 9.52 Å². The van der Waals surface area contributed by atoms with Gasteiger partial charge in [-0.1, -0.05) is 30.3 Å². The van der Waals surface area contributed by atoms with E-state index in [4.69, 9.17) is 4.74 Å². The van der Waals surface area contributed by atoms with Crippen LogP contribution in [0.15, 0.2) is 48.5 Å². The molecule has 0 saturated carbocycles. The number of carbonyl (C=O) groups excluding carboxylic acids is 1. The molecule has 2 aromatic rings. The zero-order valence-electron chi connectivity index (χ0n) is 18.4. The molecule has 8 heteroatoms. The van der Waals surface area contributed by atoms with Crippen molar-refractivity contribution in [1.82, 2.24) is 9.80 Å². The fourth-order valence-corrected chi connectivity index (χ4v) is 4.54. The van der Waals surface area contributed by atoms with Crippen LogP contribution in [0, 0.1) is 0 Å². The van der Waals surface area contributed by atoms with Crippen LogP contribution in [0.4, 0.5) is 5.69 Å². The highest BCUT2D eigenvalue weighted by Crippen LogP contribution is 2.27. The molecule has 31 heavy (non-hydrogen) atoms. The molecule has 1 amide bonds. The zero-order chi connectivity index (χ0) is 22.4. The number of amides is 1. The number of rotatable bonds is 9. The lowest BCUT2D eigenvalue weighted by Crippen LogP contribution is -2.39. The molecule has 1 heterocycles. The molecule has 0 radical (unpaired) electrons. The molecule has 1 aliphatic heterocycles. The summed E-state index contributed by atoms with van der Waals surface area (Å²) >= 11 is 0. The molecule has 0 spiro atoms.